The minimum atomic E-state index is -3.47. The standard InChI is InChI=1S/C24H33N3O3S2/c1-25(2)32(29,30)20-8-9-22-24(18-20)31-23-7-4-3-6-21(23)27(22)14-5-13-26-15-10-19(11-16-26)12-17-28/h3-4,6-9,18-19,28H,5,10-17H2,1-2H3. The molecular weight excluding hydrogens is 442 g/mol. The first-order valence-corrected chi connectivity index (χ1v) is 13.6. The summed E-state index contributed by atoms with van der Waals surface area (Å²) in [5.74, 6) is 0.668. The summed E-state index contributed by atoms with van der Waals surface area (Å²) < 4.78 is 26.5. The summed E-state index contributed by atoms with van der Waals surface area (Å²) in [6.07, 6.45) is 4.32. The van der Waals surface area contributed by atoms with Crippen molar-refractivity contribution >= 4 is 33.2 Å². The van der Waals surface area contributed by atoms with Crippen molar-refractivity contribution in [2.75, 3.05) is 51.8 Å². The molecule has 0 bridgehead atoms. The molecule has 0 radical (unpaired) electrons. The van der Waals surface area contributed by atoms with Crippen LogP contribution >= 0.6 is 11.8 Å². The van der Waals surface area contributed by atoms with Gasteiger partial charge in [-0.1, -0.05) is 23.9 Å². The van der Waals surface area contributed by atoms with Gasteiger partial charge >= 0.3 is 0 Å². The molecule has 6 nitrogen and oxygen atoms in total. The lowest BCUT2D eigenvalue weighted by atomic mass is 9.94. The summed E-state index contributed by atoms with van der Waals surface area (Å²) in [5, 5.41) is 9.16. The van der Waals surface area contributed by atoms with Gasteiger partial charge in [-0.25, -0.2) is 12.7 Å². The number of nitrogens with zero attached hydrogens (tertiary/aromatic N) is 3. The van der Waals surface area contributed by atoms with E-state index in [9.17, 15) is 8.42 Å². The quantitative estimate of drug-likeness (QED) is 0.622. The van der Waals surface area contributed by atoms with Crippen LogP contribution in [0.5, 0.6) is 0 Å². The molecule has 0 aromatic heterocycles. The number of aliphatic hydroxyl groups excluding tert-OH is 1. The molecule has 8 heteroatoms. The van der Waals surface area contributed by atoms with Gasteiger partial charge in [-0.05, 0) is 81.6 Å². The molecule has 0 unspecified atom stereocenters. The predicted octanol–water partition coefficient (Wildman–Crippen LogP) is 4.02. The molecule has 1 saturated heterocycles. The second kappa shape index (κ2) is 10.1. The molecule has 174 valence electrons. The second-order valence-electron chi connectivity index (χ2n) is 8.79. The van der Waals surface area contributed by atoms with Gasteiger partial charge < -0.3 is 14.9 Å². The minimum Gasteiger partial charge on any atom is -0.396 e. The molecule has 2 aromatic rings. The maximum atomic E-state index is 12.6. The smallest absolute Gasteiger partial charge is 0.242 e. The number of likely N-dealkylation sites (tertiary alicyclic amines) is 1. The molecule has 2 aliphatic rings. The van der Waals surface area contributed by atoms with E-state index < -0.39 is 10.0 Å². The molecule has 2 aromatic carbocycles. The maximum Gasteiger partial charge on any atom is 0.242 e. The average Bonchev–Trinajstić information content (AvgIpc) is 2.79. The monoisotopic (exact) mass is 475 g/mol. The van der Waals surface area contributed by atoms with Gasteiger partial charge in [0.05, 0.1) is 16.3 Å². The number of fused-ring (bicyclic) bond motifs is 2. The van der Waals surface area contributed by atoms with Crippen LogP contribution in [-0.4, -0.2) is 69.6 Å². The Balaban J connectivity index is 1.49. The van der Waals surface area contributed by atoms with Crippen LogP contribution in [-0.2, 0) is 10.0 Å². The summed E-state index contributed by atoms with van der Waals surface area (Å²) in [7, 11) is -0.335. The number of rotatable bonds is 8. The number of hydrogen-bond donors (Lipinski definition) is 1. The Kier molecular flexibility index (Phi) is 7.47. The molecule has 0 aliphatic carbocycles. The van der Waals surface area contributed by atoms with Crippen LogP contribution in [0.25, 0.3) is 0 Å². The number of para-hydroxylation sites is 1. The van der Waals surface area contributed by atoms with E-state index in [1.165, 1.54) is 22.8 Å². The number of sulfonamides is 1. The average molecular weight is 476 g/mol. The summed E-state index contributed by atoms with van der Waals surface area (Å²) in [6.45, 7) is 4.47. The Morgan fingerprint density at radius 1 is 1.03 bits per heavy atom. The SMILES string of the molecule is CN(C)S(=O)(=O)c1ccc2c(c1)Sc1ccccc1N2CCCN1CCC(CCO)CC1. The zero-order chi connectivity index (χ0) is 22.7. The third-order valence-electron chi connectivity index (χ3n) is 6.48. The first-order valence-electron chi connectivity index (χ1n) is 11.3. The van der Waals surface area contributed by atoms with Crippen molar-refractivity contribution < 1.29 is 13.5 Å². The molecule has 1 fully saturated rings. The van der Waals surface area contributed by atoms with Crippen LogP contribution < -0.4 is 4.90 Å². The third kappa shape index (κ3) is 4.99. The van der Waals surface area contributed by atoms with E-state index >= 15 is 0 Å². The van der Waals surface area contributed by atoms with E-state index in [4.69, 9.17) is 5.11 Å². The van der Waals surface area contributed by atoms with Crippen LogP contribution in [0, 0.1) is 5.92 Å². The van der Waals surface area contributed by atoms with E-state index in [1.54, 1.807) is 31.9 Å². The summed E-state index contributed by atoms with van der Waals surface area (Å²) in [5.41, 5.74) is 2.27. The summed E-state index contributed by atoms with van der Waals surface area (Å²) in [4.78, 5) is 7.34. The highest BCUT2D eigenvalue weighted by Gasteiger charge is 2.26. The molecule has 0 spiro atoms. The van der Waals surface area contributed by atoms with Crippen LogP contribution in [0.3, 0.4) is 0 Å². The number of hydrogen-bond acceptors (Lipinski definition) is 6. The van der Waals surface area contributed by atoms with Gasteiger partial charge in [0.2, 0.25) is 10.0 Å². The van der Waals surface area contributed by atoms with Crippen LogP contribution in [0.15, 0.2) is 57.2 Å². The van der Waals surface area contributed by atoms with Gasteiger partial charge in [-0.2, -0.15) is 0 Å². The normalized spacial score (nSPS) is 17.4. The van der Waals surface area contributed by atoms with E-state index in [1.807, 2.05) is 18.2 Å². The molecule has 2 heterocycles. The molecular formula is C24H33N3O3S2. The van der Waals surface area contributed by atoms with Crippen molar-refractivity contribution in [3.05, 3.63) is 42.5 Å². The molecule has 2 aliphatic heterocycles. The van der Waals surface area contributed by atoms with Crippen molar-refractivity contribution in [3.8, 4) is 0 Å². The summed E-state index contributed by atoms with van der Waals surface area (Å²) >= 11 is 1.64. The van der Waals surface area contributed by atoms with Gasteiger partial charge in [-0.15, -0.1) is 0 Å². The lowest BCUT2D eigenvalue weighted by Gasteiger charge is -2.35. The number of benzene rings is 2. The van der Waals surface area contributed by atoms with Crippen molar-refractivity contribution in [1.29, 1.82) is 0 Å². The number of anilines is 2. The Hall–Kier alpha value is -1.58. The number of piperidine rings is 1. The predicted molar refractivity (Wildman–Crippen MR) is 130 cm³/mol. The largest absolute Gasteiger partial charge is 0.396 e. The van der Waals surface area contributed by atoms with Crippen molar-refractivity contribution in [1.82, 2.24) is 9.21 Å². The number of aliphatic hydroxyl groups is 1. The van der Waals surface area contributed by atoms with Gasteiger partial charge in [0.25, 0.3) is 0 Å². The van der Waals surface area contributed by atoms with Crippen molar-refractivity contribution in [2.24, 2.45) is 5.92 Å². The summed E-state index contributed by atoms with van der Waals surface area (Å²) in [6, 6.07) is 13.8. The molecule has 32 heavy (non-hydrogen) atoms. The molecule has 0 saturated carbocycles. The highest BCUT2D eigenvalue weighted by atomic mass is 32.2. The fourth-order valence-electron chi connectivity index (χ4n) is 4.56. The fraction of sp³-hybridized carbons (Fsp3) is 0.500. The zero-order valence-electron chi connectivity index (χ0n) is 18.9. The Morgan fingerprint density at radius 2 is 1.75 bits per heavy atom. The highest BCUT2D eigenvalue weighted by molar-refractivity contribution is 7.99. The van der Waals surface area contributed by atoms with Gasteiger partial charge in [0, 0.05) is 37.0 Å². The van der Waals surface area contributed by atoms with Gasteiger partial charge in [0.15, 0.2) is 0 Å². The molecule has 1 N–H and O–H groups in total. The van der Waals surface area contributed by atoms with Gasteiger partial charge in [-0.3, -0.25) is 0 Å². The van der Waals surface area contributed by atoms with Gasteiger partial charge in [0.1, 0.15) is 0 Å². The Bertz CT molecular complexity index is 1030. The van der Waals surface area contributed by atoms with E-state index in [0.29, 0.717) is 17.4 Å². The molecule has 0 atom stereocenters. The zero-order valence-corrected chi connectivity index (χ0v) is 20.5. The lowest BCUT2D eigenvalue weighted by Crippen LogP contribution is -2.36. The fourth-order valence-corrected chi connectivity index (χ4v) is 6.70. The Morgan fingerprint density at radius 3 is 2.47 bits per heavy atom. The van der Waals surface area contributed by atoms with E-state index in [-0.39, 0.29) is 0 Å². The van der Waals surface area contributed by atoms with Crippen LogP contribution in [0.4, 0.5) is 11.4 Å². The Labute approximate surface area is 196 Å². The third-order valence-corrected chi connectivity index (χ3v) is 9.40. The van der Waals surface area contributed by atoms with E-state index in [0.717, 1.165) is 54.5 Å². The van der Waals surface area contributed by atoms with Crippen LogP contribution in [0.2, 0.25) is 0 Å². The van der Waals surface area contributed by atoms with Crippen LogP contribution in [0.1, 0.15) is 25.7 Å². The first-order chi connectivity index (χ1) is 15.4. The molecule has 0 amide bonds. The van der Waals surface area contributed by atoms with Crippen molar-refractivity contribution in [3.63, 3.8) is 0 Å². The topological polar surface area (TPSA) is 64.1 Å². The highest BCUT2D eigenvalue weighted by Crippen LogP contribution is 2.48. The first kappa shape index (κ1) is 23.6. The second-order valence-corrected chi connectivity index (χ2v) is 12.0. The molecule has 4 rings (SSSR count). The van der Waals surface area contributed by atoms with Crippen molar-refractivity contribution in [2.45, 2.75) is 40.4 Å². The van der Waals surface area contributed by atoms with E-state index in [2.05, 4.69) is 28.0 Å². The minimum absolute atomic E-state index is 0.300. The maximum absolute atomic E-state index is 12.6. The lowest BCUT2D eigenvalue weighted by molar-refractivity contribution is 0.158.